The van der Waals surface area contributed by atoms with Crippen LogP contribution in [0.2, 0.25) is 0 Å². The highest BCUT2D eigenvalue weighted by molar-refractivity contribution is 5.85. The monoisotopic (exact) mass is 218 g/mol. The van der Waals surface area contributed by atoms with Crippen LogP contribution in [0.3, 0.4) is 0 Å². The van der Waals surface area contributed by atoms with E-state index in [4.69, 9.17) is 0 Å². The average Bonchev–Trinajstić information content (AvgIpc) is 2.49. The van der Waals surface area contributed by atoms with Gasteiger partial charge in [-0.1, -0.05) is 6.92 Å². The fraction of sp³-hybridized carbons (Fsp3) is 0.900. The van der Waals surface area contributed by atoms with Gasteiger partial charge in [0.2, 0.25) is 5.91 Å². The summed E-state index contributed by atoms with van der Waals surface area (Å²) in [7, 11) is 0. The maximum absolute atomic E-state index is 11.7. The summed E-state index contributed by atoms with van der Waals surface area (Å²) in [6, 6.07) is 0.478. The number of likely N-dealkylation sites (tertiary alicyclic amines) is 1. The molecule has 0 spiro atoms. The third kappa shape index (κ3) is 2.20. The van der Waals surface area contributed by atoms with Crippen LogP contribution < -0.4 is 5.32 Å². The van der Waals surface area contributed by atoms with Gasteiger partial charge < -0.3 is 10.2 Å². The molecule has 2 aliphatic rings. The number of piperidine rings is 1. The van der Waals surface area contributed by atoms with E-state index in [2.05, 4.69) is 10.2 Å². The van der Waals surface area contributed by atoms with E-state index >= 15 is 0 Å². The molecule has 2 heterocycles. The largest absolute Gasteiger partial charge is 0.338 e. The molecular formula is C10H19ClN2O. The lowest BCUT2D eigenvalue weighted by Gasteiger charge is -2.31. The van der Waals surface area contributed by atoms with Gasteiger partial charge in [-0.25, -0.2) is 0 Å². The molecule has 0 saturated carbocycles. The van der Waals surface area contributed by atoms with Gasteiger partial charge in [0.05, 0.1) is 0 Å². The lowest BCUT2D eigenvalue weighted by atomic mass is 10.1. The topological polar surface area (TPSA) is 32.3 Å². The quantitative estimate of drug-likeness (QED) is 0.713. The van der Waals surface area contributed by atoms with Crippen molar-refractivity contribution in [2.45, 2.75) is 32.2 Å². The standard InChI is InChI=1S/C10H18N2O.ClH/c1-8-4-6-12(10(8)13)9-3-2-5-11-7-9;/h8-9,11H,2-7H2,1H3;1H/t8?,9-;/m0./s1. The van der Waals surface area contributed by atoms with Crippen molar-refractivity contribution in [2.75, 3.05) is 19.6 Å². The molecule has 0 radical (unpaired) electrons. The second-order valence-electron chi connectivity index (χ2n) is 4.22. The van der Waals surface area contributed by atoms with Gasteiger partial charge in [0.25, 0.3) is 0 Å². The number of amides is 1. The van der Waals surface area contributed by atoms with Crippen molar-refractivity contribution in [3.63, 3.8) is 0 Å². The molecule has 0 aliphatic carbocycles. The summed E-state index contributed by atoms with van der Waals surface area (Å²) in [6.07, 6.45) is 3.45. The van der Waals surface area contributed by atoms with Crippen molar-refractivity contribution in [3.05, 3.63) is 0 Å². The summed E-state index contributed by atoms with van der Waals surface area (Å²) in [5.41, 5.74) is 0. The predicted molar refractivity (Wildman–Crippen MR) is 58.6 cm³/mol. The van der Waals surface area contributed by atoms with Crippen LogP contribution in [0, 0.1) is 5.92 Å². The number of hydrogen-bond donors (Lipinski definition) is 1. The molecule has 2 atom stereocenters. The highest BCUT2D eigenvalue weighted by Gasteiger charge is 2.33. The number of carbonyl (C=O) groups is 1. The molecule has 4 heteroatoms. The van der Waals surface area contributed by atoms with Gasteiger partial charge in [-0.15, -0.1) is 12.4 Å². The summed E-state index contributed by atoms with van der Waals surface area (Å²) in [5, 5.41) is 3.35. The third-order valence-electron chi connectivity index (χ3n) is 3.22. The Balaban J connectivity index is 0.000000980. The first-order valence-corrected chi connectivity index (χ1v) is 5.30. The summed E-state index contributed by atoms with van der Waals surface area (Å²) >= 11 is 0. The van der Waals surface area contributed by atoms with E-state index in [1.54, 1.807) is 0 Å². The van der Waals surface area contributed by atoms with Gasteiger partial charge in [0.15, 0.2) is 0 Å². The average molecular weight is 219 g/mol. The Morgan fingerprint density at radius 2 is 2.21 bits per heavy atom. The van der Waals surface area contributed by atoms with E-state index in [0.717, 1.165) is 26.1 Å². The highest BCUT2D eigenvalue weighted by Crippen LogP contribution is 2.22. The first kappa shape index (κ1) is 11.8. The van der Waals surface area contributed by atoms with Gasteiger partial charge >= 0.3 is 0 Å². The predicted octanol–water partition coefficient (Wildman–Crippen LogP) is 1.03. The molecule has 14 heavy (non-hydrogen) atoms. The zero-order valence-corrected chi connectivity index (χ0v) is 9.48. The van der Waals surface area contributed by atoms with Crippen LogP contribution in [0.4, 0.5) is 0 Å². The zero-order chi connectivity index (χ0) is 9.26. The van der Waals surface area contributed by atoms with Gasteiger partial charge in [0, 0.05) is 25.0 Å². The second kappa shape index (κ2) is 4.99. The van der Waals surface area contributed by atoms with Crippen LogP contribution in [0.1, 0.15) is 26.2 Å². The van der Waals surface area contributed by atoms with Gasteiger partial charge in [-0.3, -0.25) is 4.79 Å². The number of rotatable bonds is 1. The van der Waals surface area contributed by atoms with Crippen molar-refractivity contribution in [1.29, 1.82) is 0 Å². The van der Waals surface area contributed by atoms with E-state index < -0.39 is 0 Å². The van der Waals surface area contributed by atoms with E-state index in [0.29, 0.717) is 11.9 Å². The lowest BCUT2D eigenvalue weighted by molar-refractivity contribution is -0.132. The molecular weight excluding hydrogens is 200 g/mol. The van der Waals surface area contributed by atoms with E-state index in [9.17, 15) is 4.79 Å². The molecule has 2 rings (SSSR count). The fourth-order valence-corrected chi connectivity index (χ4v) is 2.31. The fourth-order valence-electron chi connectivity index (χ4n) is 2.31. The van der Waals surface area contributed by atoms with E-state index in [-0.39, 0.29) is 18.3 Å². The summed E-state index contributed by atoms with van der Waals surface area (Å²) in [5.74, 6) is 0.635. The third-order valence-corrected chi connectivity index (χ3v) is 3.22. The SMILES string of the molecule is CC1CCN([C@H]2CCCNC2)C1=O.Cl. The molecule has 2 saturated heterocycles. The Morgan fingerprint density at radius 1 is 1.43 bits per heavy atom. The molecule has 3 nitrogen and oxygen atoms in total. The molecule has 0 aromatic carbocycles. The minimum Gasteiger partial charge on any atom is -0.338 e. The zero-order valence-electron chi connectivity index (χ0n) is 8.66. The molecule has 0 aromatic heterocycles. The van der Waals surface area contributed by atoms with Crippen molar-refractivity contribution < 1.29 is 4.79 Å². The van der Waals surface area contributed by atoms with E-state index in [1.807, 2.05) is 6.92 Å². The lowest BCUT2D eigenvalue weighted by Crippen LogP contribution is -2.46. The molecule has 2 fully saturated rings. The molecule has 2 aliphatic heterocycles. The summed E-state index contributed by atoms with van der Waals surface area (Å²) in [4.78, 5) is 13.8. The summed E-state index contributed by atoms with van der Waals surface area (Å²) in [6.45, 7) is 5.14. The maximum atomic E-state index is 11.7. The van der Waals surface area contributed by atoms with Crippen LogP contribution in [0.5, 0.6) is 0 Å². The van der Waals surface area contributed by atoms with Crippen LogP contribution in [0.25, 0.3) is 0 Å². The Labute approximate surface area is 91.6 Å². The maximum Gasteiger partial charge on any atom is 0.225 e. The van der Waals surface area contributed by atoms with Crippen molar-refractivity contribution in [3.8, 4) is 0 Å². The summed E-state index contributed by atoms with van der Waals surface area (Å²) < 4.78 is 0. The minimum atomic E-state index is 0. The first-order valence-electron chi connectivity index (χ1n) is 5.30. The molecule has 1 N–H and O–H groups in total. The Morgan fingerprint density at radius 3 is 2.71 bits per heavy atom. The highest BCUT2D eigenvalue weighted by atomic mass is 35.5. The van der Waals surface area contributed by atoms with Crippen LogP contribution in [-0.4, -0.2) is 36.5 Å². The number of nitrogens with one attached hydrogen (secondary N) is 1. The van der Waals surface area contributed by atoms with Crippen molar-refractivity contribution >= 4 is 18.3 Å². The number of carbonyl (C=O) groups excluding carboxylic acids is 1. The van der Waals surface area contributed by atoms with Gasteiger partial charge in [0.1, 0.15) is 0 Å². The minimum absolute atomic E-state index is 0. The second-order valence-corrected chi connectivity index (χ2v) is 4.22. The van der Waals surface area contributed by atoms with Crippen molar-refractivity contribution in [2.24, 2.45) is 5.92 Å². The van der Waals surface area contributed by atoms with Crippen LogP contribution in [-0.2, 0) is 4.79 Å². The smallest absolute Gasteiger partial charge is 0.225 e. The molecule has 0 aromatic rings. The first-order chi connectivity index (χ1) is 6.29. The Bertz CT molecular complexity index is 204. The number of halogens is 1. The number of nitrogens with zero attached hydrogens (tertiary/aromatic N) is 1. The van der Waals surface area contributed by atoms with E-state index in [1.165, 1.54) is 12.8 Å². The number of hydrogen-bond acceptors (Lipinski definition) is 2. The molecule has 82 valence electrons. The van der Waals surface area contributed by atoms with Crippen molar-refractivity contribution in [1.82, 2.24) is 10.2 Å². The molecule has 1 amide bonds. The Hall–Kier alpha value is -0.280. The van der Waals surface area contributed by atoms with Gasteiger partial charge in [-0.2, -0.15) is 0 Å². The Kier molecular flexibility index (Phi) is 4.20. The van der Waals surface area contributed by atoms with Gasteiger partial charge in [-0.05, 0) is 25.8 Å². The van der Waals surface area contributed by atoms with Crippen LogP contribution in [0.15, 0.2) is 0 Å². The molecule has 0 bridgehead atoms. The van der Waals surface area contributed by atoms with Crippen LogP contribution >= 0.6 is 12.4 Å². The normalized spacial score (nSPS) is 32.9. The molecule has 1 unspecified atom stereocenters.